The quantitative estimate of drug-likeness (QED) is 0.613. The molecule has 1 aromatic rings. The van der Waals surface area contributed by atoms with Gasteiger partial charge in [-0.1, -0.05) is 11.8 Å². The van der Waals surface area contributed by atoms with Crippen LogP contribution in [0, 0.1) is 5.82 Å². The van der Waals surface area contributed by atoms with Gasteiger partial charge < -0.3 is 25.4 Å². The number of halogens is 1. The molecule has 0 aliphatic carbocycles. The molecular formula is C14H18FNO5S. The molecule has 1 aliphatic rings. The monoisotopic (exact) mass is 331 g/mol. The van der Waals surface area contributed by atoms with Crippen LogP contribution in [-0.4, -0.2) is 57.6 Å². The maximum atomic E-state index is 12.9. The third-order valence-corrected chi connectivity index (χ3v) is 4.50. The molecule has 0 saturated carbocycles. The molecule has 2 rings (SSSR count). The number of aliphatic hydroxyl groups excluding tert-OH is 3. The molecule has 0 unspecified atom stereocenters. The Morgan fingerprint density at radius 2 is 1.95 bits per heavy atom. The number of nitrogens with one attached hydrogen (secondary N) is 1. The molecule has 22 heavy (non-hydrogen) atoms. The van der Waals surface area contributed by atoms with Gasteiger partial charge in [0, 0.05) is 11.8 Å². The van der Waals surface area contributed by atoms with Crippen molar-refractivity contribution in [2.24, 2.45) is 0 Å². The van der Waals surface area contributed by atoms with E-state index in [1.807, 2.05) is 0 Å². The van der Waals surface area contributed by atoms with Gasteiger partial charge in [0.2, 0.25) is 5.91 Å². The average molecular weight is 331 g/mol. The summed E-state index contributed by atoms with van der Waals surface area (Å²) in [6.45, 7) is 0.822. The van der Waals surface area contributed by atoms with E-state index in [1.54, 1.807) is 12.1 Å². The van der Waals surface area contributed by atoms with E-state index < -0.39 is 36.4 Å². The number of carbonyl (C=O) groups is 1. The highest BCUT2D eigenvalue weighted by Crippen LogP contribution is 2.33. The minimum Gasteiger partial charge on any atom is -0.394 e. The van der Waals surface area contributed by atoms with Gasteiger partial charge in [-0.25, -0.2) is 4.39 Å². The Labute approximate surface area is 131 Å². The Hall–Kier alpha value is -1.19. The topological polar surface area (TPSA) is 99.0 Å². The molecule has 1 aromatic carbocycles. The van der Waals surface area contributed by atoms with E-state index in [1.165, 1.54) is 19.1 Å². The van der Waals surface area contributed by atoms with Gasteiger partial charge in [0.15, 0.2) is 0 Å². The van der Waals surface area contributed by atoms with Crippen LogP contribution in [0.3, 0.4) is 0 Å². The zero-order chi connectivity index (χ0) is 16.3. The molecule has 0 radical (unpaired) electrons. The largest absolute Gasteiger partial charge is 0.394 e. The van der Waals surface area contributed by atoms with Crippen molar-refractivity contribution in [3.63, 3.8) is 0 Å². The third kappa shape index (κ3) is 3.96. The molecule has 0 aromatic heterocycles. The predicted octanol–water partition coefficient (Wildman–Crippen LogP) is -0.139. The van der Waals surface area contributed by atoms with E-state index in [0.29, 0.717) is 4.90 Å². The summed E-state index contributed by atoms with van der Waals surface area (Å²) in [5.41, 5.74) is -0.732. The molecule has 6 nitrogen and oxygen atoms in total. The van der Waals surface area contributed by atoms with E-state index in [-0.39, 0.29) is 11.7 Å². The average Bonchev–Trinajstić information content (AvgIpc) is 2.48. The Morgan fingerprint density at radius 1 is 1.32 bits per heavy atom. The van der Waals surface area contributed by atoms with Crippen molar-refractivity contribution in [1.82, 2.24) is 5.32 Å². The van der Waals surface area contributed by atoms with Gasteiger partial charge >= 0.3 is 0 Å². The first kappa shape index (κ1) is 17.2. The Balaban J connectivity index is 2.18. The van der Waals surface area contributed by atoms with Crippen LogP contribution in [0.4, 0.5) is 4.39 Å². The molecule has 4 N–H and O–H groups in total. The van der Waals surface area contributed by atoms with Crippen LogP contribution in [0.15, 0.2) is 29.2 Å². The second kappa shape index (κ2) is 7.38. The van der Waals surface area contributed by atoms with Crippen molar-refractivity contribution < 1.29 is 29.2 Å². The molecule has 1 amide bonds. The van der Waals surface area contributed by atoms with Gasteiger partial charge in [0.25, 0.3) is 0 Å². The fraction of sp³-hybridized carbons (Fsp3) is 0.500. The van der Waals surface area contributed by atoms with Gasteiger partial charge in [-0.2, -0.15) is 0 Å². The Morgan fingerprint density at radius 3 is 2.50 bits per heavy atom. The minimum atomic E-state index is -1.31. The number of ether oxygens (including phenoxy) is 1. The number of hydrogen-bond acceptors (Lipinski definition) is 6. The smallest absolute Gasteiger partial charge is 0.217 e. The summed E-state index contributed by atoms with van der Waals surface area (Å²) < 4.78 is 18.5. The molecular weight excluding hydrogens is 313 g/mol. The molecule has 1 aliphatic heterocycles. The van der Waals surface area contributed by atoms with E-state index in [4.69, 9.17) is 4.74 Å². The number of rotatable bonds is 4. The third-order valence-electron chi connectivity index (χ3n) is 3.32. The highest BCUT2D eigenvalue weighted by atomic mass is 32.2. The molecule has 122 valence electrons. The van der Waals surface area contributed by atoms with Crippen molar-refractivity contribution >= 4 is 17.7 Å². The van der Waals surface area contributed by atoms with Crippen LogP contribution in [0.5, 0.6) is 0 Å². The van der Waals surface area contributed by atoms with Crippen LogP contribution in [-0.2, 0) is 9.53 Å². The van der Waals surface area contributed by atoms with Gasteiger partial charge in [-0.15, -0.1) is 0 Å². The van der Waals surface area contributed by atoms with Gasteiger partial charge in [-0.3, -0.25) is 4.79 Å². The minimum absolute atomic E-state index is 0.379. The summed E-state index contributed by atoms with van der Waals surface area (Å²) in [6, 6.07) is 4.80. The zero-order valence-corrected chi connectivity index (χ0v) is 12.7. The maximum Gasteiger partial charge on any atom is 0.217 e. The molecule has 1 heterocycles. The fourth-order valence-corrected chi connectivity index (χ4v) is 3.35. The molecule has 8 heteroatoms. The summed E-state index contributed by atoms with van der Waals surface area (Å²) in [6.07, 6.45) is -3.56. The maximum absolute atomic E-state index is 12.9. The Kier molecular flexibility index (Phi) is 5.76. The summed E-state index contributed by atoms with van der Waals surface area (Å²) in [7, 11) is 0. The number of thioether (sulfide) groups is 1. The first-order valence-electron chi connectivity index (χ1n) is 6.74. The van der Waals surface area contributed by atoms with Crippen molar-refractivity contribution in [1.29, 1.82) is 0 Å². The molecule has 0 spiro atoms. The highest BCUT2D eigenvalue weighted by molar-refractivity contribution is 7.99. The fourth-order valence-electron chi connectivity index (χ4n) is 2.22. The van der Waals surface area contributed by atoms with Crippen LogP contribution < -0.4 is 5.32 Å². The number of amides is 1. The zero-order valence-electron chi connectivity index (χ0n) is 11.8. The number of hydrogen-bond donors (Lipinski definition) is 4. The van der Waals surface area contributed by atoms with Crippen molar-refractivity contribution in [2.45, 2.75) is 41.6 Å². The first-order chi connectivity index (χ1) is 10.4. The summed E-state index contributed by atoms with van der Waals surface area (Å²) in [5, 5.41) is 31.8. The molecule has 5 atom stereocenters. The second-order valence-corrected chi connectivity index (χ2v) is 6.18. The molecule has 0 bridgehead atoms. The SMILES string of the molecule is CC(=O)N[C@H]1[C@@H](O)[C@@H](O)[C@@H](CO)O[C@H]1Sc1ccc(F)cc1. The lowest BCUT2D eigenvalue weighted by atomic mass is 9.98. The molecule has 1 saturated heterocycles. The van der Waals surface area contributed by atoms with Gasteiger partial charge in [0.05, 0.1) is 12.6 Å². The summed E-state index contributed by atoms with van der Waals surface area (Å²) >= 11 is 1.16. The van der Waals surface area contributed by atoms with Gasteiger partial charge in [-0.05, 0) is 24.3 Å². The normalized spacial score (nSPS) is 31.8. The van der Waals surface area contributed by atoms with Crippen LogP contribution in [0.2, 0.25) is 0 Å². The van der Waals surface area contributed by atoms with E-state index in [0.717, 1.165) is 11.8 Å². The Bertz CT molecular complexity index is 514. The molecule has 1 fully saturated rings. The standard InChI is InChI=1S/C14H18FNO5S/c1-7(18)16-11-13(20)12(19)10(6-17)21-14(11)22-9-4-2-8(15)3-5-9/h2-5,10-14,17,19-20H,6H2,1H3,(H,16,18)/t10-,11+,12+,13-,14+/m1/s1. The highest BCUT2D eigenvalue weighted by Gasteiger charge is 2.45. The number of benzene rings is 1. The van der Waals surface area contributed by atoms with Crippen molar-refractivity contribution in [2.75, 3.05) is 6.61 Å². The van der Waals surface area contributed by atoms with E-state index >= 15 is 0 Å². The van der Waals surface area contributed by atoms with Crippen molar-refractivity contribution in [3.8, 4) is 0 Å². The second-order valence-electron chi connectivity index (χ2n) is 5.00. The predicted molar refractivity (Wildman–Crippen MR) is 77.6 cm³/mol. The van der Waals surface area contributed by atoms with E-state index in [2.05, 4.69) is 5.32 Å². The lowest BCUT2D eigenvalue weighted by Crippen LogP contribution is -2.63. The van der Waals surface area contributed by atoms with Crippen LogP contribution in [0.25, 0.3) is 0 Å². The van der Waals surface area contributed by atoms with Gasteiger partial charge in [0.1, 0.15) is 29.6 Å². The summed E-state index contributed by atoms with van der Waals surface area (Å²) in [4.78, 5) is 12.0. The lowest BCUT2D eigenvalue weighted by Gasteiger charge is -2.42. The number of carbonyl (C=O) groups excluding carboxylic acids is 1. The summed E-state index contributed by atoms with van der Waals surface area (Å²) in [5.74, 6) is -0.761. The van der Waals surface area contributed by atoms with Crippen LogP contribution >= 0.6 is 11.8 Å². The van der Waals surface area contributed by atoms with E-state index in [9.17, 15) is 24.5 Å². The first-order valence-corrected chi connectivity index (χ1v) is 7.62. The number of aliphatic hydroxyl groups is 3. The lowest BCUT2D eigenvalue weighted by molar-refractivity contribution is -0.173. The van der Waals surface area contributed by atoms with Crippen molar-refractivity contribution in [3.05, 3.63) is 30.1 Å². The van der Waals surface area contributed by atoms with Crippen LogP contribution in [0.1, 0.15) is 6.92 Å².